The van der Waals surface area contributed by atoms with Gasteiger partial charge in [-0.25, -0.2) is 0 Å². The van der Waals surface area contributed by atoms with E-state index in [0.717, 1.165) is 6.42 Å². The van der Waals surface area contributed by atoms with Gasteiger partial charge in [0.15, 0.2) is 0 Å². The van der Waals surface area contributed by atoms with Crippen LogP contribution in [0.15, 0.2) is 39.7 Å². The van der Waals surface area contributed by atoms with Crippen molar-refractivity contribution < 1.29 is 0 Å². The van der Waals surface area contributed by atoms with Crippen LogP contribution in [0.2, 0.25) is 0 Å². The molecule has 1 saturated heterocycles. The van der Waals surface area contributed by atoms with E-state index in [2.05, 4.69) is 58.2 Å². The van der Waals surface area contributed by atoms with Gasteiger partial charge in [-0.05, 0) is 77.0 Å². The zero-order valence-electron chi connectivity index (χ0n) is 12.9. The second kappa shape index (κ2) is 5.95. The maximum absolute atomic E-state index is 3.71. The molecule has 114 valence electrons. The number of piperidine rings is 1. The zero-order chi connectivity index (χ0) is 15.1. The molecule has 1 aromatic heterocycles. The Balaban J connectivity index is 1.93. The number of hydrogen-bond acceptors (Lipinski definition) is 2. The molecule has 2 aromatic rings. The van der Waals surface area contributed by atoms with Gasteiger partial charge in [-0.1, -0.05) is 29.8 Å². The van der Waals surface area contributed by atoms with E-state index in [1.807, 2.05) is 11.3 Å². The fraction of sp³-hybridized carbons (Fsp3) is 0.368. The summed E-state index contributed by atoms with van der Waals surface area (Å²) < 4.78 is 1.27. The topological polar surface area (TPSA) is 3.24 Å². The van der Waals surface area contributed by atoms with Gasteiger partial charge in [0, 0.05) is 18.0 Å². The van der Waals surface area contributed by atoms with Crippen LogP contribution in [0.4, 0.5) is 0 Å². The Kier molecular flexibility index (Phi) is 3.97. The highest BCUT2D eigenvalue weighted by Crippen LogP contribution is 2.42. The SMILES string of the molecule is CN1CCC(=C2c3ccccc3CCc3sc(Br)cc32)CC1. The molecular weight excluding hydrogens is 354 g/mol. The average Bonchev–Trinajstić information content (AvgIpc) is 2.82. The molecule has 3 heteroatoms. The van der Waals surface area contributed by atoms with Crippen LogP contribution in [-0.2, 0) is 12.8 Å². The highest BCUT2D eigenvalue weighted by molar-refractivity contribution is 9.11. The number of nitrogens with zero attached hydrogens (tertiary/aromatic N) is 1. The van der Waals surface area contributed by atoms with Crippen molar-refractivity contribution in [1.29, 1.82) is 0 Å². The Morgan fingerprint density at radius 1 is 1.00 bits per heavy atom. The van der Waals surface area contributed by atoms with Crippen molar-refractivity contribution in [2.75, 3.05) is 20.1 Å². The van der Waals surface area contributed by atoms with Crippen LogP contribution in [0.25, 0.3) is 5.57 Å². The summed E-state index contributed by atoms with van der Waals surface area (Å²) in [7, 11) is 2.23. The first-order valence-corrected chi connectivity index (χ1v) is 9.61. The molecule has 1 aromatic carbocycles. The van der Waals surface area contributed by atoms with Crippen LogP contribution in [-0.4, -0.2) is 25.0 Å². The van der Waals surface area contributed by atoms with E-state index in [1.165, 1.54) is 58.4 Å². The number of halogens is 1. The van der Waals surface area contributed by atoms with Crippen LogP contribution < -0.4 is 0 Å². The molecule has 0 bridgehead atoms. The molecule has 0 atom stereocenters. The summed E-state index contributed by atoms with van der Waals surface area (Å²) in [6.07, 6.45) is 4.73. The highest BCUT2D eigenvalue weighted by Gasteiger charge is 2.24. The predicted molar refractivity (Wildman–Crippen MR) is 98.6 cm³/mol. The molecule has 2 heterocycles. The van der Waals surface area contributed by atoms with Gasteiger partial charge in [0.05, 0.1) is 3.79 Å². The van der Waals surface area contributed by atoms with Crippen LogP contribution in [0, 0.1) is 0 Å². The molecule has 0 unspecified atom stereocenters. The Bertz CT molecular complexity index is 734. The summed E-state index contributed by atoms with van der Waals surface area (Å²) in [6, 6.07) is 11.4. The molecule has 22 heavy (non-hydrogen) atoms. The van der Waals surface area contributed by atoms with Crippen LogP contribution in [0.5, 0.6) is 0 Å². The quantitative estimate of drug-likeness (QED) is 0.617. The van der Waals surface area contributed by atoms with Crippen molar-refractivity contribution in [2.45, 2.75) is 25.7 Å². The van der Waals surface area contributed by atoms with E-state index >= 15 is 0 Å². The van der Waals surface area contributed by atoms with E-state index in [0.29, 0.717) is 0 Å². The summed E-state index contributed by atoms with van der Waals surface area (Å²) in [5.74, 6) is 0. The highest BCUT2D eigenvalue weighted by atomic mass is 79.9. The second-order valence-corrected chi connectivity index (χ2v) is 8.84. The minimum absolute atomic E-state index is 1.16. The summed E-state index contributed by atoms with van der Waals surface area (Å²) in [5.41, 5.74) is 7.67. The van der Waals surface area contributed by atoms with E-state index in [-0.39, 0.29) is 0 Å². The first-order chi connectivity index (χ1) is 10.7. The first-order valence-electron chi connectivity index (χ1n) is 8.00. The van der Waals surface area contributed by atoms with Gasteiger partial charge < -0.3 is 4.90 Å². The Hall–Kier alpha value is -0.900. The fourth-order valence-corrected chi connectivity index (χ4v) is 5.39. The molecule has 2 aliphatic rings. The van der Waals surface area contributed by atoms with Crippen LogP contribution in [0.3, 0.4) is 0 Å². The van der Waals surface area contributed by atoms with Gasteiger partial charge in [0.2, 0.25) is 0 Å². The molecule has 0 saturated carbocycles. The maximum Gasteiger partial charge on any atom is 0.0707 e. The minimum atomic E-state index is 1.16. The molecule has 0 N–H and O–H groups in total. The third-order valence-corrected chi connectivity index (χ3v) is 6.60. The lowest BCUT2D eigenvalue weighted by atomic mass is 9.88. The van der Waals surface area contributed by atoms with Gasteiger partial charge >= 0.3 is 0 Å². The van der Waals surface area contributed by atoms with Gasteiger partial charge in [0.25, 0.3) is 0 Å². The number of fused-ring (bicyclic) bond motifs is 2. The smallest absolute Gasteiger partial charge is 0.0707 e. The van der Waals surface area contributed by atoms with Gasteiger partial charge in [0.1, 0.15) is 0 Å². The fourth-order valence-electron chi connectivity index (χ4n) is 3.69. The first kappa shape index (κ1) is 14.7. The summed E-state index contributed by atoms with van der Waals surface area (Å²) in [6.45, 7) is 2.36. The Morgan fingerprint density at radius 3 is 2.59 bits per heavy atom. The Labute approximate surface area is 144 Å². The minimum Gasteiger partial charge on any atom is -0.306 e. The third-order valence-electron chi connectivity index (χ3n) is 4.90. The summed E-state index contributed by atoms with van der Waals surface area (Å²) in [5, 5.41) is 0. The van der Waals surface area contributed by atoms with Gasteiger partial charge in [-0.2, -0.15) is 0 Å². The lowest BCUT2D eigenvalue weighted by molar-refractivity contribution is 0.313. The monoisotopic (exact) mass is 373 g/mol. The maximum atomic E-state index is 3.71. The Morgan fingerprint density at radius 2 is 1.77 bits per heavy atom. The van der Waals surface area contributed by atoms with Gasteiger partial charge in [-0.3, -0.25) is 0 Å². The van der Waals surface area contributed by atoms with Crippen LogP contribution in [0.1, 0.15) is 34.4 Å². The molecule has 0 spiro atoms. The standard InChI is InChI=1S/C19H20BrNS/c1-21-10-8-14(9-11-21)19-15-5-3-2-4-13(15)6-7-17-16(19)12-18(20)22-17/h2-5,12H,6-11H2,1H3. The van der Waals surface area contributed by atoms with Crippen molar-refractivity contribution in [3.63, 3.8) is 0 Å². The predicted octanol–water partition coefficient (Wildman–Crippen LogP) is 5.14. The molecular formula is C19H20BrNS. The molecule has 1 aliphatic carbocycles. The van der Waals surface area contributed by atoms with Crippen molar-refractivity contribution in [2.24, 2.45) is 0 Å². The van der Waals surface area contributed by atoms with E-state index in [9.17, 15) is 0 Å². The molecule has 0 radical (unpaired) electrons. The summed E-state index contributed by atoms with van der Waals surface area (Å²) in [4.78, 5) is 3.99. The number of benzene rings is 1. The lowest BCUT2D eigenvalue weighted by Crippen LogP contribution is -2.27. The van der Waals surface area contributed by atoms with Gasteiger partial charge in [-0.15, -0.1) is 11.3 Å². The lowest BCUT2D eigenvalue weighted by Gasteiger charge is -2.27. The number of hydrogen-bond donors (Lipinski definition) is 0. The summed E-state index contributed by atoms with van der Waals surface area (Å²) >= 11 is 5.62. The van der Waals surface area contributed by atoms with Crippen molar-refractivity contribution in [3.05, 3.63) is 61.3 Å². The largest absolute Gasteiger partial charge is 0.306 e. The van der Waals surface area contributed by atoms with E-state index in [1.54, 1.807) is 10.5 Å². The molecule has 1 aliphatic heterocycles. The van der Waals surface area contributed by atoms with Crippen molar-refractivity contribution >= 4 is 32.8 Å². The number of likely N-dealkylation sites (tertiary alicyclic amines) is 1. The third kappa shape index (κ3) is 2.60. The van der Waals surface area contributed by atoms with Crippen molar-refractivity contribution in [3.8, 4) is 0 Å². The second-order valence-electron chi connectivity index (χ2n) is 6.33. The number of rotatable bonds is 0. The van der Waals surface area contributed by atoms with Crippen molar-refractivity contribution in [1.82, 2.24) is 4.90 Å². The zero-order valence-corrected chi connectivity index (χ0v) is 15.3. The number of aryl methyl sites for hydroxylation is 2. The van der Waals surface area contributed by atoms with E-state index in [4.69, 9.17) is 0 Å². The number of thiophene rings is 1. The average molecular weight is 374 g/mol. The van der Waals surface area contributed by atoms with Crippen LogP contribution >= 0.6 is 27.3 Å². The molecule has 4 rings (SSSR count). The normalized spacial score (nSPS) is 18.8. The van der Waals surface area contributed by atoms with E-state index < -0.39 is 0 Å². The molecule has 1 nitrogen and oxygen atoms in total. The molecule has 1 fully saturated rings. The molecule has 0 amide bonds.